The van der Waals surface area contributed by atoms with Crippen LogP contribution in [-0.2, 0) is 52.5 Å². The number of hydrogen-bond donors (Lipinski definition) is 7. The molecule has 1 radical (unpaired) electrons. The van der Waals surface area contributed by atoms with Gasteiger partial charge in [-0.3, -0.25) is 28.8 Å². The molecule has 5 amide bonds. The highest BCUT2D eigenvalue weighted by Gasteiger charge is 2.20. The van der Waals surface area contributed by atoms with Gasteiger partial charge in [-0.25, -0.2) is 4.79 Å². The first-order valence-corrected chi connectivity index (χ1v) is 22.5. The molecule has 0 aromatic rings. The standard InChI is InChI=1S/C43H78N5O13/c1-36(49)44-24-18-19-25-45-40(52)34-60-32-31-59-29-27-47-41(53)35-61-33-30-58-28-26-46-38(50)23-22-37(43(56)57)48-39(51)20-16-14-12-10-8-6-4-2-3-5-7-9-11-13-15-17-21-42(54)55/h37H,1-35H2,(H,44,49)(H,45,52)(H,46,50)(H,47,53)(H,48,51)(H,54,55)(H,56,57)/t37-/m0/s1. The van der Waals surface area contributed by atoms with Crippen LogP contribution in [0.4, 0.5) is 0 Å². The first-order chi connectivity index (χ1) is 29.5. The van der Waals surface area contributed by atoms with Crippen molar-refractivity contribution in [3.05, 3.63) is 6.92 Å². The molecule has 0 unspecified atom stereocenters. The lowest BCUT2D eigenvalue weighted by Gasteiger charge is -2.14. The van der Waals surface area contributed by atoms with Gasteiger partial charge in [0.2, 0.25) is 29.5 Å². The van der Waals surface area contributed by atoms with Crippen LogP contribution in [0.5, 0.6) is 0 Å². The summed E-state index contributed by atoms with van der Waals surface area (Å²) in [4.78, 5) is 81.0. The average molecular weight is 873 g/mol. The topological polar surface area (TPSA) is 257 Å². The number of hydrogen-bond acceptors (Lipinski definition) is 11. The lowest BCUT2D eigenvalue weighted by Crippen LogP contribution is -2.41. The van der Waals surface area contributed by atoms with Gasteiger partial charge >= 0.3 is 11.9 Å². The van der Waals surface area contributed by atoms with Crippen LogP contribution in [0.3, 0.4) is 0 Å². The molecule has 7 N–H and O–H groups in total. The van der Waals surface area contributed by atoms with E-state index in [0.717, 1.165) is 51.4 Å². The summed E-state index contributed by atoms with van der Waals surface area (Å²) in [5, 5.41) is 31.3. The van der Waals surface area contributed by atoms with E-state index in [-0.39, 0.29) is 121 Å². The van der Waals surface area contributed by atoms with Crippen molar-refractivity contribution in [3.63, 3.8) is 0 Å². The van der Waals surface area contributed by atoms with Crippen LogP contribution in [0.2, 0.25) is 0 Å². The van der Waals surface area contributed by atoms with Crippen LogP contribution < -0.4 is 26.6 Å². The maximum Gasteiger partial charge on any atom is 0.326 e. The Hall–Kier alpha value is -3.87. The number of ether oxygens (including phenoxy) is 4. The number of unbranched alkanes of at least 4 members (excludes halogenated alkanes) is 16. The zero-order valence-electron chi connectivity index (χ0n) is 36.7. The highest BCUT2D eigenvalue weighted by Crippen LogP contribution is 2.14. The summed E-state index contributed by atoms with van der Waals surface area (Å²) in [6, 6.07) is -1.14. The number of carbonyl (C=O) groups is 7. The third-order valence-corrected chi connectivity index (χ3v) is 9.43. The molecule has 0 aromatic carbocycles. The minimum atomic E-state index is -1.18. The molecule has 0 bridgehead atoms. The van der Waals surface area contributed by atoms with Gasteiger partial charge < -0.3 is 55.7 Å². The summed E-state index contributed by atoms with van der Waals surface area (Å²) >= 11 is 0. The molecule has 0 aliphatic heterocycles. The van der Waals surface area contributed by atoms with Crippen LogP contribution in [0.25, 0.3) is 0 Å². The molecule has 0 aliphatic rings. The Balaban J connectivity index is 3.62. The predicted octanol–water partition coefficient (Wildman–Crippen LogP) is 3.59. The first kappa shape index (κ1) is 57.1. The second-order valence-electron chi connectivity index (χ2n) is 15.0. The van der Waals surface area contributed by atoms with E-state index in [1.807, 2.05) is 0 Å². The van der Waals surface area contributed by atoms with Crippen LogP contribution in [0.1, 0.15) is 141 Å². The molecule has 0 aliphatic carbocycles. The summed E-state index contributed by atoms with van der Waals surface area (Å²) in [6.07, 6.45) is 19.8. The highest BCUT2D eigenvalue weighted by atomic mass is 16.5. The van der Waals surface area contributed by atoms with Gasteiger partial charge in [0.25, 0.3) is 0 Å². The second kappa shape index (κ2) is 42.8. The quantitative estimate of drug-likeness (QED) is 0.0433. The fraction of sp³-hybridized carbons (Fsp3) is 0.814. The zero-order valence-corrected chi connectivity index (χ0v) is 36.7. The molecule has 18 heteroatoms. The summed E-state index contributed by atoms with van der Waals surface area (Å²) in [5.41, 5.74) is 0. The van der Waals surface area contributed by atoms with E-state index in [9.17, 15) is 38.7 Å². The Labute approximate surface area is 363 Å². The molecule has 353 valence electrons. The Morgan fingerprint density at radius 3 is 1.25 bits per heavy atom. The van der Waals surface area contributed by atoms with E-state index >= 15 is 0 Å². The molecule has 0 spiro atoms. The minimum absolute atomic E-state index is 0.0233. The Bertz CT molecular complexity index is 1180. The third kappa shape index (κ3) is 44.0. The fourth-order valence-corrected chi connectivity index (χ4v) is 6.03. The van der Waals surface area contributed by atoms with E-state index in [1.54, 1.807) is 0 Å². The normalized spacial score (nSPS) is 11.4. The summed E-state index contributed by atoms with van der Waals surface area (Å²) in [6.45, 7) is 5.78. The van der Waals surface area contributed by atoms with E-state index < -0.39 is 18.0 Å². The van der Waals surface area contributed by atoms with E-state index in [2.05, 4.69) is 33.5 Å². The molecule has 18 nitrogen and oxygen atoms in total. The second-order valence-corrected chi connectivity index (χ2v) is 15.0. The van der Waals surface area contributed by atoms with Crippen LogP contribution in [-0.4, -0.2) is 137 Å². The number of carboxylic acids is 2. The zero-order chi connectivity index (χ0) is 45.0. The number of amides is 5. The van der Waals surface area contributed by atoms with Crippen molar-refractivity contribution in [2.24, 2.45) is 0 Å². The monoisotopic (exact) mass is 873 g/mol. The summed E-state index contributed by atoms with van der Waals surface area (Å²) in [5.74, 6) is -3.44. The molecule has 0 rings (SSSR count). The predicted molar refractivity (Wildman–Crippen MR) is 229 cm³/mol. The fourth-order valence-electron chi connectivity index (χ4n) is 6.03. The Kier molecular flexibility index (Phi) is 40.1. The van der Waals surface area contributed by atoms with Crippen LogP contribution >= 0.6 is 0 Å². The number of carbonyl (C=O) groups excluding carboxylic acids is 5. The van der Waals surface area contributed by atoms with Crippen molar-refractivity contribution in [2.45, 2.75) is 147 Å². The smallest absolute Gasteiger partial charge is 0.326 e. The Morgan fingerprint density at radius 1 is 0.410 bits per heavy atom. The molecule has 0 fully saturated rings. The van der Waals surface area contributed by atoms with Crippen molar-refractivity contribution >= 4 is 41.5 Å². The summed E-state index contributed by atoms with van der Waals surface area (Å²) in [7, 11) is 0. The van der Waals surface area contributed by atoms with Crippen molar-refractivity contribution in [2.75, 3.05) is 79.0 Å². The van der Waals surface area contributed by atoms with Crippen molar-refractivity contribution in [1.29, 1.82) is 0 Å². The molecule has 1 atom stereocenters. The van der Waals surface area contributed by atoms with Gasteiger partial charge in [-0.2, -0.15) is 0 Å². The van der Waals surface area contributed by atoms with Gasteiger partial charge in [0, 0.05) is 52.4 Å². The molecule has 0 heterocycles. The van der Waals surface area contributed by atoms with Gasteiger partial charge in [0.05, 0.1) is 39.6 Å². The van der Waals surface area contributed by atoms with E-state index in [0.29, 0.717) is 19.5 Å². The molecule has 61 heavy (non-hydrogen) atoms. The minimum Gasteiger partial charge on any atom is -0.481 e. The van der Waals surface area contributed by atoms with Gasteiger partial charge in [0.1, 0.15) is 19.3 Å². The molecular weight excluding hydrogens is 794 g/mol. The van der Waals surface area contributed by atoms with Gasteiger partial charge in [-0.1, -0.05) is 89.9 Å². The first-order valence-electron chi connectivity index (χ1n) is 22.5. The van der Waals surface area contributed by atoms with Crippen molar-refractivity contribution in [1.82, 2.24) is 26.6 Å². The Morgan fingerprint density at radius 2 is 0.803 bits per heavy atom. The number of aliphatic carboxylic acids is 2. The highest BCUT2D eigenvalue weighted by molar-refractivity contribution is 5.84. The largest absolute Gasteiger partial charge is 0.481 e. The number of rotatable bonds is 45. The average Bonchev–Trinajstić information content (AvgIpc) is 3.21. The lowest BCUT2D eigenvalue weighted by atomic mass is 10.0. The molecule has 0 saturated carbocycles. The van der Waals surface area contributed by atoms with E-state index in [4.69, 9.17) is 24.1 Å². The third-order valence-electron chi connectivity index (χ3n) is 9.43. The number of carboxylic acid groups (broad SMARTS) is 2. The maximum absolute atomic E-state index is 12.3. The van der Waals surface area contributed by atoms with Gasteiger partial charge in [-0.05, 0) is 32.1 Å². The number of nitrogens with one attached hydrogen (secondary N) is 5. The summed E-state index contributed by atoms with van der Waals surface area (Å²) < 4.78 is 21.3. The molecular formula is C43H78N5O13. The van der Waals surface area contributed by atoms with Crippen LogP contribution in [0.15, 0.2) is 0 Å². The van der Waals surface area contributed by atoms with Crippen molar-refractivity contribution in [3.8, 4) is 0 Å². The maximum atomic E-state index is 12.3. The molecule has 0 aromatic heterocycles. The van der Waals surface area contributed by atoms with Gasteiger partial charge in [0.15, 0.2) is 0 Å². The van der Waals surface area contributed by atoms with Crippen LogP contribution in [0, 0.1) is 6.92 Å². The van der Waals surface area contributed by atoms with E-state index in [1.165, 1.54) is 57.8 Å². The lowest BCUT2D eigenvalue weighted by molar-refractivity contribution is -0.142. The SMILES string of the molecule is [CH2]C(=O)NCCCCNC(=O)COCCOCCNC(=O)COCCOCCNC(=O)CC[C@H](NC(=O)CCCCCCCCCCCCCCCCCCC(=O)O)C(=O)O. The van der Waals surface area contributed by atoms with Crippen molar-refractivity contribution < 1.29 is 62.7 Å². The molecule has 0 saturated heterocycles. The van der Waals surface area contributed by atoms with Gasteiger partial charge in [-0.15, -0.1) is 0 Å².